The first-order chi connectivity index (χ1) is 3.13. The van der Waals surface area contributed by atoms with E-state index in [1.807, 2.05) is 0 Å². The summed E-state index contributed by atoms with van der Waals surface area (Å²) in [6, 6.07) is 0. The standard InChI is InChI=1S/2NO2.H3N.Pt/c2*2-1-3;;/h;;1H3;/p+1. The molecule has 0 bridgehead atoms. The summed E-state index contributed by atoms with van der Waals surface area (Å²) in [5.74, 6) is 0. The summed E-state index contributed by atoms with van der Waals surface area (Å²) in [5, 5.41) is 18.4. The van der Waals surface area contributed by atoms with Crippen molar-refractivity contribution in [3.63, 3.8) is 0 Å². The Bertz CT molecular complexity index is 87.5. The fourth-order valence-electron chi connectivity index (χ4n) is 0.0422. The zero-order valence-corrected chi connectivity index (χ0v) is 6.12. The molecule has 0 radical (unpaired) electrons. The maximum atomic E-state index is 9.22. The number of hydrogen-bond donors (Lipinski definition) is 1. The summed E-state index contributed by atoms with van der Waals surface area (Å²) in [5.41, 5.74) is 0. The van der Waals surface area contributed by atoms with E-state index in [0.717, 1.165) is 0 Å². The van der Waals surface area contributed by atoms with Gasteiger partial charge < -0.3 is 6.15 Å². The van der Waals surface area contributed by atoms with Crippen LogP contribution in [0.1, 0.15) is 0 Å². The molecule has 0 amide bonds. The Morgan fingerprint density at radius 3 is 1.38 bits per heavy atom. The van der Waals surface area contributed by atoms with E-state index >= 15 is 0 Å². The molecular weight excluding hydrogens is 301 g/mol. The van der Waals surface area contributed by atoms with Crippen molar-refractivity contribution in [3.8, 4) is 0 Å². The van der Waals surface area contributed by atoms with Gasteiger partial charge in [0.1, 0.15) is 0 Å². The van der Waals surface area contributed by atoms with Crippen molar-refractivity contribution in [2.24, 2.45) is 0 Å². The Morgan fingerprint density at radius 2 is 1.38 bits per heavy atom. The van der Waals surface area contributed by atoms with E-state index in [2.05, 4.69) is 0 Å². The van der Waals surface area contributed by atoms with E-state index in [1.54, 1.807) is 0 Å². The summed E-state index contributed by atoms with van der Waals surface area (Å²) >= 11 is -2.06. The SMILES string of the molecule is O=[N+]([O-])[Pt][N+](=O)[O-].[NH4+]. The van der Waals surface area contributed by atoms with E-state index in [0.29, 0.717) is 0 Å². The number of nitrogens with zero attached hydrogens (tertiary/aromatic N) is 2. The van der Waals surface area contributed by atoms with Gasteiger partial charge in [-0.25, -0.2) is 0 Å². The van der Waals surface area contributed by atoms with Crippen LogP contribution in [0.2, 0.25) is 0 Å². The summed E-state index contributed by atoms with van der Waals surface area (Å²) in [6.07, 6.45) is 0. The van der Waals surface area contributed by atoms with Crippen molar-refractivity contribution < 1.29 is 26.0 Å². The van der Waals surface area contributed by atoms with Crippen LogP contribution in [0.5, 0.6) is 0 Å². The van der Waals surface area contributed by atoms with E-state index in [9.17, 15) is 20.2 Å². The van der Waals surface area contributed by atoms with Crippen molar-refractivity contribution in [2.45, 2.75) is 0 Å². The molecule has 0 saturated heterocycles. The Hall–Kier alpha value is -0.552. The van der Waals surface area contributed by atoms with Crippen LogP contribution in [0.3, 0.4) is 0 Å². The minimum absolute atomic E-state index is 0. The Labute approximate surface area is 53.1 Å². The molecule has 52 valence electrons. The zero-order valence-electron chi connectivity index (χ0n) is 3.84. The van der Waals surface area contributed by atoms with Crippen molar-refractivity contribution in [3.05, 3.63) is 20.2 Å². The van der Waals surface area contributed by atoms with Crippen LogP contribution in [-0.4, -0.2) is 6.96 Å². The smallest absolute Gasteiger partial charge is 0.369 e. The minimum Gasteiger partial charge on any atom is -0.369 e. The first kappa shape index (κ1) is 10.4. The second-order valence-electron chi connectivity index (χ2n) is 0.443. The molecule has 0 aromatic rings. The largest absolute Gasteiger partial charge is 0.369 e. The van der Waals surface area contributed by atoms with Gasteiger partial charge in [0, 0.05) is 0 Å². The molecule has 4 N–H and O–H groups in total. The summed E-state index contributed by atoms with van der Waals surface area (Å²) in [7, 11) is 0. The van der Waals surface area contributed by atoms with Crippen LogP contribution in [0.15, 0.2) is 0 Å². The third-order valence-corrected chi connectivity index (χ3v) is 0.845. The van der Waals surface area contributed by atoms with Gasteiger partial charge in [-0.05, 0) is 0 Å². The number of nitro groups is 2. The molecule has 0 rings (SSSR count). The van der Waals surface area contributed by atoms with Crippen molar-refractivity contribution in [1.29, 1.82) is 0 Å². The van der Waals surface area contributed by atoms with Gasteiger partial charge in [0.2, 0.25) is 0 Å². The van der Waals surface area contributed by atoms with Crippen molar-refractivity contribution in [1.82, 2.24) is 6.15 Å². The van der Waals surface area contributed by atoms with Gasteiger partial charge in [-0.1, -0.05) is 0 Å². The van der Waals surface area contributed by atoms with Gasteiger partial charge in [-0.15, -0.1) is 0 Å². The van der Waals surface area contributed by atoms with E-state index in [4.69, 9.17) is 0 Å². The normalized spacial score (nSPS) is 7.50. The van der Waals surface area contributed by atoms with Crippen LogP contribution in [-0.2, 0) is 19.1 Å². The number of rotatable bonds is 2. The maximum absolute atomic E-state index is 9.22. The number of quaternary nitrogens is 1. The molecule has 0 atom stereocenters. The topological polar surface area (TPSA) is 123 Å². The molecule has 0 aliphatic rings. The predicted octanol–water partition coefficient (Wildman–Crippen LogP) is -0.172. The minimum atomic E-state index is -2.06. The third kappa shape index (κ3) is 9.07. The second kappa shape index (κ2) is 4.60. The molecule has 0 fully saturated rings. The average molecular weight is 305 g/mol. The van der Waals surface area contributed by atoms with Gasteiger partial charge in [-0.2, -0.15) is 0 Å². The van der Waals surface area contributed by atoms with Gasteiger partial charge in [-0.3, -0.25) is 0 Å². The van der Waals surface area contributed by atoms with Crippen molar-refractivity contribution >= 4 is 0 Å². The van der Waals surface area contributed by atoms with Crippen LogP contribution < -0.4 is 6.15 Å². The third-order valence-electron chi connectivity index (χ3n) is 0.103. The first-order valence-corrected chi connectivity index (χ1v) is 3.05. The molecule has 0 aliphatic heterocycles. The summed E-state index contributed by atoms with van der Waals surface area (Å²) in [6.45, 7) is 0. The molecule has 7 nitrogen and oxygen atoms in total. The van der Waals surface area contributed by atoms with Crippen LogP contribution in [0, 0.1) is 20.2 Å². The Morgan fingerprint density at radius 1 is 1.12 bits per heavy atom. The van der Waals surface area contributed by atoms with Gasteiger partial charge >= 0.3 is 46.3 Å². The van der Waals surface area contributed by atoms with Gasteiger partial charge in [0.15, 0.2) is 0 Å². The molecule has 0 aliphatic carbocycles. The molecule has 0 aromatic carbocycles. The van der Waals surface area contributed by atoms with E-state index in [-0.39, 0.29) is 6.15 Å². The predicted molar refractivity (Wildman–Crippen MR) is 20.0 cm³/mol. The monoisotopic (exact) mass is 305 g/mol. The fraction of sp³-hybridized carbons (Fsp3) is 0. The summed E-state index contributed by atoms with van der Waals surface area (Å²) < 4.78 is -1.78. The molecule has 0 aromatic heterocycles. The Balaban J connectivity index is 0. The van der Waals surface area contributed by atoms with Crippen LogP contribution in [0.25, 0.3) is 0 Å². The maximum Gasteiger partial charge on any atom is -0.369 e. The van der Waals surface area contributed by atoms with Gasteiger partial charge in [0.05, 0.1) is 0 Å². The number of hydrogen-bond acceptors (Lipinski definition) is 4. The molecule has 8 heteroatoms. The van der Waals surface area contributed by atoms with Crippen LogP contribution >= 0.6 is 0 Å². The quantitative estimate of drug-likeness (QED) is 0.562. The molecule has 8 heavy (non-hydrogen) atoms. The Kier molecular flexibility index (Phi) is 6.00. The molecular formula is H4N3O4Pt+. The van der Waals surface area contributed by atoms with Crippen LogP contribution in [0.4, 0.5) is 0 Å². The first-order valence-electron chi connectivity index (χ1n) is 1.01. The van der Waals surface area contributed by atoms with E-state index < -0.39 is 26.0 Å². The molecule has 0 heterocycles. The summed E-state index contributed by atoms with van der Waals surface area (Å²) in [4.78, 5) is 18.4. The zero-order chi connectivity index (χ0) is 5.86. The molecule has 0 spiro atoms. The van der Waals surface area contributed by atoms with Gasteiger partial charge in [0.25, 0.3) is 0 Å². The molecule has 0 unspecified atom stereocenters. The van der Waals surface area contributed by atoms with E-state index in [1.165, 1.54) is 0 Å². The fourth-order valence-corrected chi connectivity index (χ4v) is 0.345. The van der Waals surface area contributed by atoms with Crippen molar-refractivity contribution in [2.75, 3.05) is 0 Å². The second-order valence-corrected chi connectivity index (χ2v) is 2.56. The average Bonchev–Trinajstić information content (AvgIpc) is 1.27. The molecule has 0 saturated carbocycles.